The minimum atomic E-state index is -3.61. The Hall–Kier alpha value is -2.68. The van der Waals surface area contributed by atoms with Crippen LogP contribution in [0.3, 0.4) is 0 Å². The number of amides is 1. The summed E-state index contributed by atoms with van der Waals surface area (Å²) >= 11 is 0. The van der Waals surface area contributed by atoms with Crippen LogP contribution in [0.1, 0.15) is 61.0 Å². The van der Waals surface area contributed by atoms with Crippen molar-refractivity contribution in [1.82, 2.24) is 14.9 Å². The molecule has 36 heavy (non-hydrogen) atoms. The van der Waals surface area contributed by atoms with Crippen molar-refractivity contribution in [3.63, 3.8) is 0 Å². The summed E-state index contributed by atoms with van der Waals surface area (Å²) in [5, 5.41) is 3.39. The van der Waals surface area contributed by atoms with Crippen molar-refractivity contribution >= 4 is 21.5 Å². The first kappa shape index (κ1) is 25.0. The molecule has 2 heterocycles. The van der Waals surface area contributed by atoms with Crippen LogP contribution in [0.15, 0.2) is 53.4 Å². The molecular weight excluding hydrogens is 474 g/mol. The lowest BCUT2D eigenvalue weighted by Crippen LogP contribution is -2.46. The van der Waals surface area contributed by atoms with Gasteiger partial charge in [-0.3, -0.25) is 4.79 Å². The van der Waals surface area contributed by atoms with Crippen molar-refractivity contribution in [2.24, 2.45) is 5.92 Å². The van der Waals surface area contributed by atoms with Crippen LogP contribution in [-0.2, 0) is 10.0 Å². The standard InChI is InChI=1S/C28H35N3O4S/c1-3-31(4-2)27(32)22-9-7-21(8-10-22)25-18-28(13-15-29-16-14-28)35-26-12-11-23(17-24(25)26)36(33,34)30-19-20-5-6-20/h7-12,17-18,20,29-30H,3-6,13-16,19H2,1-2H3. The number of nitrogens with zero attached hydrogens (tertiary/aromatic N) is 1. The number of sulfonamides is 1. The molecule has 192 valence electrons. The van der Waals surface area contributed by atoms with Crippen LogP contribution in [0.2, 0.25) is 0 Å². The normalized spacial score (nSPS) is 18.8. The fourth-order valence-corrected chi connectivity index (χ4v) is 6.16. The van der Waals surface area contributed by atoms with Crippen LogP contribution in [0.5, 0.6) is 5.75 Å². The van der Waals surface area contributed by atoms with E-state index in [1.165, 1.54) is 0 Å². The van der Waals surface area contributed by atoms with E-state index in [0.717, 1.165) is 55.5 Å². The molecule has 8 heteroatoms. The van der Waals surface area contributed by atoms with Crippen molar-refractivity contribution in [1.29, 1.82) is 0 Å². The SMILES string of the molecule is CCN(CC)C(=O)c1ccc(C2=CC3(CCNCC3)Oc3ccc(S(=O)(=O)NCC4CC4)cc32)cc1. The zero-order chi connectivity index (χ0) is 25.3. The first-order valence-corrected chi connectivity index (χ1v) is 14.5. The Bertz CT molecular complexity index is 1260. The second-order valence-corrected chi connectivity index (χ2v) is 11.7. The van der Waals surface area contributed by atoms with E-state index in [0.29, 0.717) is 36.9 Å². The molecule has 2 aliphatic heterocycles. The summed E-state index contributed by atoms with van der Waals surface area (Å²) in [4.78, 5) is 14.9. The highest BCUT2D eigenvalue weighted by molar-refractivity contribution is 7.89. The molecule has 0 radical (unpaired) electrons. The maximum absolute atomic E-state index is 13.0. The first-order valence-electron chi connectivity index (χ1n) is 13.0. The molecule has 1 amide bonds. The van der Waals surface area contributed by atoms with Gasteiger partial charge < -0.3 is 15.0 Å². The number of carbonyl (C=O) groups excluding carboxylic acids is 1. The fourth-order valence-electron chi connectivity index (χ4n) is 5.02. The van der Waals surface area contributed by atoms with E-state index in [1.54, 1.807) is 23.1 Å². The molecule has 1 spiro atoms. The van der Waals surface area contributed by atoms with Gasteiger partial charge in [-0.2, -0.15) is 0 Å². The predicted octanol–water partition coefficient (Wildman–Crippen LogP) is 3.80. The Labute approximate surface area is 214 Å². The van der Waals surface area contributed by atoms with Crippen molar-refractivity contribution in [2.45, 2.75) is 50.0 Å². The molecule has 5 rings (SSSR count). The maximum Gasteiger partial charge on any atom is 0.253 e. The highest BCUT2D eigenvalue weighted by Gasteiger charge is 2.37. The Balaban J connectivity index is 1.52. The van der Waals surface area contributed by atoms with E-state index in [-0.39, 0.29) is 10.8 Å². The molecule has 0 bridgehead atoms. The topological polar surface area (TPSA) is 87.7 Å². The van der Waals surface area contributed by atoms with Gasteiger partial charge in [-0.05, 0) is 93.2 Å². The number of ether oxygens (including phenoxy) is 1. The van der Waals surface area contributed by atoms with E-state index < -0.39 is 15.6 Å². The number of rotatable bonds is 8. The quantitative estimate of drug-likeness (QED) is 0.565. The van der Waals surface area contributed by atoms with Crippen LogP contribution in [0, 0.1) is 5.92 Å². The minimum absolute atomic E-state index is 0.0119. The second kappa shape index (κ2) is 10.00. The molecule has 0 atom stereocenters. The Kier molecular flexibility index (Phi) is 6.94. The molecule has 2 aromatic carbocycles. The van der Waals surface area contributed by atoms with Gasteiger partial charge in [0.25, 0.3) is 5.91 Å². The van der Waals surface area contributed by atoms with Crippen molar-refractivity contribution < 1.29 is 17.9 Å². The molecule has 1 saturated heterocycles. The number of nitrogens with one attached hydrogen (secondary N) is 2. The van der Waals surface area contributed by atoms with Crippen molar-refractivity contribution in [2.75, 3.05) is 32.7 Å². The molecule has 7 nitrogen and oxygen atoms in total. The summed E-state index contributed by atoms with van der Waals surface area (Å²) in [6.07, 6.45) is 5.98. The Morgan fingerprint density at radius 2 is 1.78 bits per heavy atom. The van der Waals surface area contributed by atoms with E-state index in [9.17, 15) is 13.2 Å². The summed E-state index contributed by atoms with van der Waals surface area (Å²) in [7, 11) is -3.61. The summed E-state index contributed by atoms with van der Waals surface area (Å²) < 4.78 is 35.3. The lowest BCUT2D eigenvalue weighted by Gasteiger charge is -2.40. The van der Waals surface area contributed by atoms with Gasteiger partial charge in [-0.1, -0.05) is 12.1 Å². The molecule has 1 aliphatic carbocycles. The third-order valence-electron chi connectivity index (χ3n) is 7.47. The number of fused-ring (bicyclic) bond motifs is 1. The Morgan fingerprint density at radius 3 is 2.42 bits per heavy atom. The van der Waals surface area contributed by atoms with Gasteiger partial charge in [0.2, 0.25) is 10.0 Å². The second-order valence-electron chi connectivity index (χ2n) is 9.98. The third-order valence-corrected chi connectivity index (χ3v) is 8.90. The summed E-state index contributed by atoms with van der Waals surface area (Å²) in [5.41, 5.74) is 2.85. The van der Waals surface area contributed by atoms with E-state index >= 15 is 0 Å². The van der Waals surface area contributed by atoms with E-state index in [4.69, 9.17) is 4.74 Å². The van der Waals surface area contributed by atoms with Gasteiger partial charge in [0.15, 0.2) is 0 Å². The van der Waals surface area contributed by atoms with E-state index in [1.807, 2.05) is 38.1 Å². The monoisotopic (exact) mass is 509 g/mol. The number of hydrogen-bond donors (Lipinski definition) is 2. The highest BCUT2D eigenvalue weighted by atomic mass is 32.2. The van der Waals surface area contributed by atoms with Crippen LogP contribution in [-0.4, -0.2) is 57.5 Å². The number of hydrogen-bond acceptors (Lipinski definition) is 5. The zero-order valence-corrected chi connectivity index (χ0v) is 21.9. The summed E-state index contributed by atoms with van der Waals surface area (Å²) in [6.45, 7) is 7.47. The molecule has 2 fully saturated rings. The lowest BCUT2D eigenvalue weighted by atomic mass is 9.83. The average molecular weight is 510 g/mol. The summed E-state index contributed by atoms with van der Waals surface area (Å²) in [6, 6.07) is 12.8. The summed E-state index contributed by atoms with van der Waals surface area (Å²) in [5.74, 6) is 1.16. The van der Waals surface area contributed by atoms with Crippen molar-refractivity contribution in [3.8, 4) is 5.75 Å². The maximum atomic E-state index is 13.0. The van der Waals surface area contributed by atoms with Crippen LogP contribution >= 0.6 is 0 Å². The number of benzene rings is 2. The predicted molar refractivity (Wildman–Crippen MR) is 141 cm³/mol. The van der Waals surface area contributed by atoms with Crippen LogP contribution in [0.4, 0.5) is 0 Å². The van der Waals surface area contributed by atoms with Crippen LogP contribution < -0.4 is 14.8 Å². The van der Waals surface area contributed by atoms with Crippen LogP contribution in [0.25, 0.3) is 5.57 Å². The number of carbonyl (C=O) groups is 1. The molecule has 0 unspecified atom stereocenters. The molecule has 3 aliphatic rings. The van der Waals surface area contributed by atoms with Crippen molar-refractivity contribution in [3.05, 3.63) is 65.2 Å². The van der Waals surface area contributed by atoms with Gasteiger partial charge in [-0.25, -0.2) is 13.1 Å². The van der Waals surface area contributed by atoms with Gasteiger partial charge in [0.05, 0.1) is 4.90 Å². The smallest absolute Gasteiger partial charge is 0.253 e. The van der Waals surface area contributed by atoms with Gasteiger partial charge >= 0.3 is 0 Å². The minimum Gasteiger partial charge on any atom is -0.482 e. The first-order chi connectivity index (χ1) is 17.3. The Morgan fingerprint density at radius 1 is 1.08 bits per heavy atom. The molecule has 2 N–H and O–H groups in total. The highest BCUT2D eigenvalue weighted by Crippen LogP contribution is 2.43. The lowest BCUT2D eigenvalue weighted by molar-refractivity contribution is 0.0772. The van der Waals surface area contributed by atoms with E-state index in [2.05, 4.69) is 16.1 Å². The molecule has 2 aromatic rings. The third kappa shape index (κ3) is 5.08. The molecular formula is C28H35N3O4S. The number of piperidine rings is 1. The largest absolute Gasteiger partial charge is 0.482 e. The fraction of sp³-hybridized carbons (Fsp3) is 0.464. The van der Waals surface area contributed by atoms with Gasteiger partial charge in [0, 0.05) is 43.6 Å². The molecule has 0 aromatic heterocycles. The van der Waals surface area contributed by atoms with Gasteiger partial charge in [0.1, 0.15) is 11.4 Å². The average Bonchev–Trinajstić information content (AvgIpc) is 3.73. The molecule has 1 saturated carbocycles. The van der Waals surface area contributed by atoms with Gasteiger partial charge in [-0.15, -0.1) is 0 Å². The zero-order valence-electron chi connectivity index (χ0n) is 21.0.